The molecule has 1 heterocycles. The molecular weight excluding hydrogens is 425 g/mol. The molecule has 3 nitrogen and oxygen atoms in total. The van der Waals surface area contributed by atoms with E-state index in [2.05, 4.69) is 17.1 Å². The second-order valence-electron chi connectivity index (χ2n) is 6.75. The number of rotatable bonds is 4. The van der Waals surface area contributed by atoms with E-state index in [1.807, 2.05) is 66.7 Å². The van der Waals surface area contributed by atoms with Gasteiger partial charge in [-0.15, -0.1) is 0 Å². The second-order valence-corrected chi connectivity index (χ2v) is 7.96. The normalized spacial score (nSPS) is 16.8. The first-order valence-electron chi connectivity index (χ1n) is 9.21. The first-order chi connectivity index (χ1) is 14.1. The molecule has 0 N–H and O–H groups in total. The molecular formula is C23H18Cl3N3. The van der Waals surface area contributed by atoms with Crippen LogP contribution in [0.4, 0.5) is 0 Å². The van der Waals surface area contributed by atoms with Crippen LogP contribution in [0.1, 0.15) is 22.6 Å². The van der Waals surface area contributed by atoms with Gasteiger partial charge in [0.25, 0.3) is 0 Å². The smallest absolute Gasteiger partial charge is 0.214 e. The molecule has 146 valence electrons. The second kappa shape index (κ2) is 9.00. The Labute approximate surface area is 185 Å². The van der Waals surface area contributed by atoms with Gasteiger partial charge in [0.15, 0.2) is 0 Å². The minimum Gasteiger partial charge on any atom is -0.252 e. The number of hydrazone groups is 1. The summed E-state index contributed by atoms with van der Waals surface area (Å²) in [5, 5.41) is 8.32. The molecule has 0 aliphatic carbocycles. The van der Waals surface area contributed by atoms with Gasteiger partial charge < -0.3 is 0 Å². The predicted molar refractivity (Wildman–Crippen MR) is 122 cm³/mol. The Hall–Kier alpha value is -2.33. The molecule has 0 bridgehead atoms. The van der Waals surface area contributed by atoms with Crippen molar-refractivity contribution in [3.8, 4) is 0 Å². The largest absolute Gasteiger partial charge is 0.252 e. The maximum absolute atomic E-state index is 6.52. The summed E-state index contributed by atoms with van der Waals surface area (Å²) in [6.07, 6.45) is 0. The Morgan fingerprint density at radius 2 is 1.52 bits per heavy atom. The number of hydrogen-bond donors (Lipinski definition) is 0. The van der Waals surface area contributed by atoms with E-state index < -0.39 is 0 Å². The Morgan fingerprint density at radius 1 is 0.897 bits per heavy atom. The fraction of sp³-hybridized carbons (Fsp3) is 0.130. The third-order valence-corrected chi connectivity index (χ3v) is 5.59. The molecule has 29 heavy (non-hydrogen) atoms. The zero-order valence-electron chi connectivity index (χ0n) is 15.5. The van der Waals surface area contributed by atoms with Crippen molar-refractivity contribution in [1.29, 1.82) is 0 Å². The molecule has 1 atom stereocenters. The zero-order valence-corrected chi connectivity index (χ0v) is 17.7. The average molecular weight is 443 g/mol. The van der Waals surface area contributed by atoms with E-state index in [0.29, 0.717) is 28.4 Å². The minimum atomic E-state index is 0.0943. The number of halogens is 3. The Balaban J connectivity index is 1.61. The van der Waals surface area contributed by atoms with E-state index in [9.17, 15) is 0 Å². The Morgan fingerprint density at radius 3 is 2.17 bits per heavy atom. The summed E-state index contributed by atoms with van der Waals surface area (Å²) in [5.41, 5.74) is 4.19. The van der Waals surface area contributed by atoms with Crippen molar-refractivity contribution in [3.05, 3.63) is 106 Å². The highest BCUT2D eigenvalue weighted by molar-refractivity contribution is 6.64. The van der Waals surface area contributed by atoms with Gasteiger partial charge in [-0.1, -0.05) is 77.8 Å². The lowest BCUT2D eigenvalue weighted by atomic mass is 9.91. The molecule has 0 radical (unpaired) electrons. The van der Waals surface area contributed by atoms with Crippen LogP contribution in [0.15, 0.2) is 89.0 Å². The summed E-state index contributed by atoms with van der Waals surface area (Å²) in [5.74, 6) is 0.0943. The van der Waals surface area contributed by atoms with E-state index in [4.69, 9.17) is 39.9 Å². The molecule has 0 aromatic heterocycles. The van der Waals surface area contributed by atoms with Crippen LogP contribution in [0.2, 0.25) is 10.0 Å². The molecule has 0 saturated heterocycles. The van der Waals surface area contributed by atoms with Crippen molar-refractivity contribution < 1.29 is 0 Å². The molecule has 0 saturated carbocycles. The van der Waals surface area contributed by atoms with E-state index in [-0.39, 0.29) is 5.92 Å². The van der Waals surface area contributed by atoms with Crippen molar-refractivity contribution in [1.82, 2.24) is 5.01 Å². The fourth-order valence-electron chi connectivity index (χ4n) is 3.27. The third-order valence-electron chi connectivity index (χ3n) is 4.77. The molecule has 0 amide bonds. The van der Waals surface area contributed by atoms with E-state index in [1.165, 1.54) is 5.56 Å². The van der Waals surface area contributed by atoms with Crippen LogP contribution < -0.4 is 0 Å². The quantitative estimate of drug-likeness (QED) is 0.254. The van der Waals surface area contributed by atoms with Crippen LogP contribution in [-0.4, -0.2) is 22.6 Å². The van der Waals surface area contributed by atoms with E-state index in [1.54, 1.807) is 5.01 Å². The monoisotopic (exact) mass is 441 g/mol. The molecule has 4 rings (SSSR count). The fourth-order valence-corrected chi connectivity index (χ4v) is 3.69. The number of aliphatic imine (C=N–C) groups is 1. The average Bonchev–Trinajstić information content (AvgIpc) is 3.20. The molecule has 3 aromatic rings. The van der Waals surface area contributed by atoms with Gasteiger partial charge in [0.2, 0.25) is 5.29 Å². The molecule has 1 aliphatic heterocycles. The lowest BCUT2D eigenvalue weighted by Crippen LogP contribution is -2.22. The molecule has 0 fully saturated rings. The summed E-state index contributed by atoms with van der Waals surface area (Å²) in [6.45, 7) is 1.10. The number of amidine groups is 1. The highest BCUT2D eigenvalue weighted by atomic mass is 35.5. The molecule has 6 heteroatoms. The topological polar surface area (TPSA) is 28.0 Å². The van der Waals surface area contributed by atoms with Gasteiger partial charge in [0.05, 0.1) is 18.8 Å². The van der Waals surface area contributed by atoms with E-state index >= 15 is 0 Å². The molecule has 1 unspecified atom stereocenters. The number of nitrogens with zero attached hydrogens (tertiary/aromatic N) is 3. The zero-order chi connectivity index (χ0) is 20.2. The third kappa shape index (κ3) is 4.81. The number of benzene rings is 3. The van der Waals surface area contributed by atoms with E-state index in [0.717, 1.165) is 16.8 Å². The van der Waals surface area contributed by atoms with Crippen LogP contribution in [0.25, 0.3) is 0 Å². The predicted octanol–water partition coefficient (Wildman–Crippen LogP) is 6.59. The van der Waals surface area contributed by atoms with Crippen molar-refractivity contribution in [2.45, 2.75) is 12.5 Å². The van der Waals surface area contributed by atoms with Gasteiger partial charge in [0, 0.05) is 16.0 Å². The van der Waals surface area contributed by atoms with Crippen molar-refractivity contribution in [2.75, 3.05) is 6.54 Å². The minimum absolute atomic E-state index is 0.0943. The maximum atomic E-state index is 6.52. The lowest BCUT2D eigenvalue weighted by molar-refractivity contribution is 0.481. The Kier molecular flexibility index (Phi) is 6.19. The van der Waals surface area contributed by atoms with Crippen molar-refractivity contribution >= 4 is 45.8 Å². The van der Waals surface area contributed by atoms with Crippen molar-refractivity contribution in [3.63, 3.8) is 0 Å². The standard InChI is InChI=1S/C23H18Cl3N3/c24-19-10-6-16(7-11-19)14-27-23(26)29-15-21(17-4-2-1-3-5-17)22(28-29)18-8-12-20(25)13-9-18/h1-13,21H,14-15H2. The highest BCUT2D eigenvalue weighted by Crippen LogP contribution is 2.30. The van der Waals surface area contributed by atoms with Crippen molar-refractivity contribution in [2.24, 2.45) is 10.1 Å². The number of hydrogen-bond acceptors (Lipinski definition) is 2. The lowest BCUT2D eigenvalue weighted by Gasteiger charge is -2.15. The summed E-state index contributed by atoms with van der Waals surface area (Å²) in [7, 11) is 0. The van der Waals surface area contributed by atoms with Crippen LogP contribution in [0, 0.1) is 0 Å². The summed E-state index contributed by atoms with van der Waals surface area (Å²) >= 11 is 18.5. The first kappa shape index (κ1) is 20.0. The summed E-state index contributed by atoms with van der Waals surface area (Å²) in [6, 6.07) is 25.6. The van der Waals surface area contributed by atoms with Gasteiger partial charge in [-0.2, -0.15) is 5.10 Å². The molecule has 1 aliphatic rings. The summed E-state index contributed by atoms with van der Waals surface area (Å²) < 4.78 is 0. The van der Waals surface area contributed by atoms with Crippen LogP contribution in [0.5, 0.6) is 0 Å². The van der Waals surface area contributed by atoms with Crippen LogP contribution in [-0.2, 0) is 6.54 Å². The van der Waals surface area contributed by atoms with Crippen LogP contribution >= 0.6 is 34.8 Å². The Bertz CT molecular complexity index is 1030. The van der Waals surface area contributed by atoms with Gasteiger partial charge >= 0.3 is 0 Å². The summed E-state index contributed by atoms with van der Waals surface area (Å²) in [4.78, 5) is 4.51. The van der Waals surface area contributed by atoms with Gasteiger partial charge in [-0.05, 0) is 52.6 Å². The maximum Gasteiger partial charge on any atom is 0.214 e. The SMILES string of the molecule is ClC(=NCc1ccc(Cl)cc1)N1CC(c2ccccc2)C(c2ccc(Cl)cc2)=N1. The molecule has 3 aromatic carbocycles. The first-order valence-corrected chi connectivity index (χ1v) is 10.3. The van der Waals surface area contributed by atoms with Gasteiger partial charge in [-0.25, -0.2) is 5.01 Å². The van der Waals surface area contributed by atoms with Gasteiger partial charge in [0.1, 0.15) is 0 Å². The molecule has 0 spiro atoms. The highest BCUT2D eigenvalue weighted by Gasteiger charge is 2.30. The van der Waals surface area contributed by atoms with Crippen LogP contribution in [0.3, 0.4) is 0 Å². The van der Waals surface area contributed by atoms with Gasteiger partial charge in [-0.3, -0.25) is 4.99 Å².